The van der Waals surface area contributed by atoms with Crippen molar-refractivity contribution in [3.8, 4) is 122 Å². The molecule has 0 bridgehead atoms. The molecule has 0 atom stereocenters. The number of pyridine rings is 1. The number of hydrogen-bond donors (Lipinski definition) is 0. The fourth-order valence-corrected chi connectivity index (χ4v) is 11.4. The number of hydrogen-bond acceptors (Lipinski definition) is 10. The van der Waals surface area contributed by atoms with Crippen LogP contribution in [0.15, 0.2) is 170 Å². The maximum atomic E-state index is 11.4. The van der Waals surface area contributed by atoms with Crippen molar-refractivity contribution in [1.82, 2.24) is 14.1 Å². The molecule has 0 amide bonds. The van der Waals surface area contributed by atoms with Crippen LogP contribution >= 0.6 is 0 Å². The van der Waals surface area contributed by atoms with Gasteiger partial charge in [-0.1, -0.05) is 72.8 Å². The highest BCUT2D eigenvalue weighted by Gasteiger charge is 2.26. The fourth-order valence-electron chi connectivity index (χ4n) is 11.4. The summed E-state index contributed by atoms with van der Waals surface area (Å²) in [5, 5.41) is 95.8. The topological polar surface area (TPSA) is 237 Å². The molecule has 0 spiro atoms. The zero-order chi connectivity index (χ0) is 56.9. The molecule has 0 saturated heterocycles. The van der Waals surface area contributed by atoms with Gasteiger partial charge in [-0.25, -0.2) is 0 Å². The third-order valence-electron chi connectivity index (χ3n) is 14.9. The summed E-state index contributed by atoms with van der Waals surface area (Å²) in [6.07, 6.45) is 0. The summed E-state index contributed by atoms with van der Waals surface area (Å²) in [5.74, 6) is 0. The van der Waals surface area contributed by atoms with Gasteiger partial charge in [-0.15, -0.1) is 0 Å². The number of aryl methyl sites for hydroxylation is 2. The van der Waals surface area contributed by atoms with Crippen molar-refractivity contribution < 1.29 is 0 Å². The second-order valence-corrected chi connectivity index (χ2v) is 19.7. The highest BCUT2D eigenvalue weighted by Crippen LogP contribution is 2.46. The molecule has 12 heteroatoms. The van der Waals surface area contributed by atoms with E-state index in [0.717, 1.165) is 38.5 Å². The number of benzene rings is 9. The van der Waals surface area contributed by atoms with E-state index in [0.29, 0.717) is 128 Å². The summed E-state index contributed by atoms with van der Waals surface area (Å²) in [4.78, 5) is 4.82. The van der Waals surface area contributed by atoms with Crippen molar-refractivity contribution in [2.75, 3.05) is 0 Å². The van der Waals surface area contributed by atoms with Crippen LogP contribution in [0.3, 0.4) is 0 Å². The van der Waals surface area contributed by atoms with Gasteiger partial charge in [0.2, 0.25) is 0 Å². The summed E-state index contributed by atoms with van der Waals surface area (Å²) in [6, 6.07) is 71.6. The van der Waals surface area contributed by atoms with Gasteiger partial charge in [-0.05, 0) is 161 Å². The Bertz CT molecular complexity index is 4680. The molecule has 12 rings (SSSR count). The molecule has 12 nitrogen and oxygen atoms in total. The molecule has 0 aliphatic carbocycles. The molecular weight excluding hydrogens is 1010 g/mol. The van der Waals surface area contributed by atoms with Crippen molar-refractivity contribution in [2.45, 2.75) is 13.8 Å². The average molecular weight is 1040 g/mol. The summed E-state index contributed by atoms with van der Waals surface area (Å²) in [6.45, 7) is 3.84. The minimum atomic E-state index is 0.288. The molecule has 0 N–H and O–H groups in total. The minimum Gasteiger partial charge on any atom is -0.308 e. The predicted molar refractivity (Wildman–Crippen MR) is 312 cm³/mol. The molecule has 3 heterocycles. The first-order chi connectivity index (χ1) is 40.0. The lowest BCUT2D eigenvalue weighted by Gasteiger charge is -2.22. The van der Waals surface area contributed by atoms with Gasteiger partial charge in [0.15, 0.2) is 0 Å². The van der Waals surface area contributed by atoms with Crippen LogP contribution in [-0.4, -0.2) is 14.1 Å². The van der Waals surface area contributed by atoms with E-state index in [1.165, 1.54) is 0 Å². The monoisotopic (exact) mass is 1040 g/mol. The largest absolute Gasteiger partial charge is 0.308 e. The van der Waals surface area contributed by atoms with Gasteiger partial charge in [0.25, 0.3) is 0 Å². The summed E-state index contributed by atoms with van der Waals surface area (Å²) < 4.78 is 4.20. The van der Waals surface area contributed by atoms with E-state index in [9.17, 15) is 47.4 Å². The molecule has 0 saturated carbocycles. The van der Waals surface area contributed by atoms with Crippen LogP contribution in [0.25, 0.3) is 111 Å². The van der Waals surface area contributed by atoms with E-state index in [2.05, 4.69) is 63.8 Å². The molecule has 0 aliphatic heterocycles. The van der Waals surface area contributed by atoms with Crippen molar-refractivity contribution >= 4 is 43.6 Å². The normalized spacial score (nSPS) is 10.7. The third kappa shape index (κ3) is 8.21. The quantitative estimate of drug-likeness (QED) is 0.146. The zero-order valence-electron chi connectivity index (χ0n) is 43.5. The maximum absolute atomic E-state index is 11.4. The summed E-state index contributed by atoms with van der Waals surface area (Å²) >= 11 is 0. The fraction of sp³-hybridized carbons (Fsp3) is 0.0286. The molecule has 12 aromatic rings. The van der Waals surface area contributed by atoms with E-state index >= 15 is 0 Å². The first-order valence-electron chi connectivity index (χ1n) is 25.5. The standard InChI is InChI=1S/C70H34N12/c1-40-19-51(20-41(2)80-40)70-68(81-64-27-47(56-11-3-42(31-71)21-52(56)36-76)7-15-60(64)61-16-8-48(28-65(61)81)57-12-4-43(32-72)22-53(57)37-77)25-46(35-75)26-69(70)82-66-29-49(58-13-5-44(33-73)23-54(58)38-78)9-17-62(66)63-18-10-50(30-67(63)82)59-14-6-45(34-74)24-55(59)39-79/h3-30H,1-2H3. The van der Waals surface area contributed by atoms with Crippen molar-refractivity contribution in [1.29, 1.82) is 47.4 Å². The molecule has 0 fully saturated rings. The van der Waals surface area contributed by atoms with Crippen molar-refractivity contribution in [3.05, 3.63) is 231 Å². The third-order valence-corrected chi connectivity index (χ3v) is 14.9. The SMILES string of the molecule is Cc1cc(-c2c(-n3c4cc(-c5ccc(C#N)cc5C#N)ccc4c4ccc(-c5ccc(C#N)cc5C#N)cc43)cc(C#N)cc2-n2c3cc(-c4ccc(C#N)cc4C#N)ccc3c3ccc(-c4ccc(C#N)cc4C#N)cc32)cc(C)n1. The van der Waals surface area contributed by atoms with E-state index < -0.39 is 0 Å². The van der Waals surface area contributed by atoms with Crippen LogP contribution in [-0.2, 0) is 0 Å². The first-order valence-corrected chi connectivity index (χ1v) is 25.5. The smallest absolute Gasteiger partial charge is 0.0998 e. The molecule has 9 aromatic carbocycles. The summed E-state index contributed by atoms with van der Waals surface area (Å²) in [7, 11) is 0. The molecule has 0 aliphatic rings. The van der Waals surface area contributed by atoms with Crippen LogP contribution in [0.2, 0.25) is 0 Å². The van der Waals surface area contributed by atoms with Crippen molar-refractivity contribution in [3.63, 3.8) is 0 Å². The van der Waals surface area contributed by atoms with E-state index in [1.807, 2.05) is 111 Å². The van der Waals surface area contributed by atoms with Gasteiger partial charge in [0, 0.05) is 38.5 Å². The van der Waals surface area contributed by atoms with Crippen LogP contribution in [0, 0.1) is 116 Å². The van der Waals surface area contributed by atoms with Crippen LogP contribution < -0.4 is 0 Å². The van der Waals surface area contributed by atoms with Crippen LogP contribution in [0.1, 0.15) is 61.5 Å². The van der Waals surface area contributed by atoms with Crippen molar-refractivity contribution in [2.24, 2.45) is 0 Å². The number of fused-ring (bicyclic) bond motifs is 6. The Morgan fingerprint density at radius 2 is 0.561 bits per heavy atom. The van der Waals surface area contributed by atoms with Gasteiger partial charge in [0.05, 0.1) is 138 Å². The Morgan fingerprint density at radius 3 is 0.817 bits per heavy atom. The summed E-state index contributed by atoms with van der Waals surface area (Å²) in [5.41, 5.74) is 14.8. The number of rotatable bonds is 7. The minimum absolute atomic E-state index is 0.288. The lowest BCUT2D eigenvalue weighted by molar-refractivity contribution is 1.11. The van der Waals surface area contributed by atoms with Gasteiger partial charge in [0.1, 0.15) is 0 Å². The Labute approximate surface area is 469 Å². The van der Waals surface area contributed by atoms with E-state index in [4.69, 9.17) is 4.98 Å². The molecular formula is C70H34N12. The number of aromatic nitrogens is 3. The Morgan fingerprint density at radius 1 is 0.280 bits per heavy atom. The Kier molecular flexibility index (Phi) is 12.1. The number of nitrogens with zero attached hydrogens (tertiary/aromatic N) is 12. The maximum Gasteiger partial charge on any atom is 0.0998 e. The van der Waals surface area contributed by atoms with Crippen LogP contribution in [0.5, 0.6) is 0 Å². The van der Waals surface area contributed by atoms with Gasteiger partial charge in [-0.3, -0.25) is 4.98 Å². The van der Waals surface area contributed by atoms with E-state index in [1.54, 1.807) is 72.8 Å². The van der Waals surface area contributed by atoms with Gasteiger partial charge >= 0.3 is 0 Å². The molecule has 3 aromatic heterocycles. The van der Waals surface area contributed by atoms with Gasteiger partial charge in [-0.2, -0.15) is 47.4 Å². The highest BCUT2D eigenvalue weighted by molar-refractivity contribution is 6.14. The van der Waals surface area contributed by atoms with Gasteiger partial charge < -0.3 is 9.13 Å². The van der Waals surface area contributed by atoms with E-state index in [-0.39, 0.29) is 5.56 Å². The second kappa shape index (κ2) is 19.9. The molecule has 374 valence electrons. The Hall–Kier alpha value is -12.9. The zero-order valence-corrected chi connectivity index (χ0v) is 43.5. The molecule has 82 heavy (non-hydrogen) atoms. The lowest BCUT2D eigenvalue weighted by atomic mass is 9.96. The average Bonchev–Trinajstić information content (AvgIpc) is 2.49. The van der Waals surface area contributed by atoms with Crippen LogP contribution in [0.4, 0.5) is 0 Å². The first kappa shape index (κ1) is 50.0. The highest BCUT2D eigenvalue weighted by atomic mass is 15.0. The number of nitriles is 9. The lowest BCUT2D eigenvalue weighted by Crippen LogP contribution is -2.06. The Balaban J connectivity index is 1.27. The molecule has 0 unspecified atom stereocenters. The predicted octanol–water partition coefficient (Wildman–Crippen LogP) is 15.1. The second-order valence-electron chi connectivity index (χ2n) is 19.7. The molecule has 0 radical (unpaired) electrons.